The van der Waals surface area contributed by atoms with Crippen LogP contribution in [0.1, 0.15) is 23.0 Å². The second-order valence-electron chi connectivity index (χ2n) is 5.23. The van der Waals surface area contributed by atoms with Crippen LogP contribution in [-0.2, 0) is 0 Å². The van der Waals surface area contributed by atoms with Gasteiger partial charge in [0.2, 0.25) is 0 Å². The lowest BCUT2D eigenvalue weighted by atomic mass is 10.2. The number of hydrazone groups is 1. The van der Waals surface area contributed by atoms with E-state index in [1.165, 1.54) is 6.21 Å². The van der Waals surface area contributed by atoms with Gasteiger partial charge < -0.3 is 9.15 Å². The molecule has 2 aromatic carbocycles. The third kappa shape index (κ3) is 4.35. The van der Waals surface area contributed by atoms with Crippen LogP contribution in [0, 0.1) is 0 Å². The van der Waals surface area contributed by atoms with Gasteiger partial charge in [-0.05, 0) is 42.8 Å². The van der Waals surface area contributed by atoms with Gasteiger partial charge in [-0.15, -0.1) is 0 Å². The van der Waals surface area contributed by atoms with E-state index in [9.17, 15) is 4.79 Å². The van der Waals surface area contributed by atoms with E-state index in [4.69, 9.17) is 9.15 Å². The number of carbonyl (C=O) groups excluding carboxylic acids is 1. The van der Waals surface area contributed by atoms with Gasteiger partial charge in [0.25, 0.3) is 0 Å². The van der Waals surface area contributed by atoms with E-state index < -0.39 is 5.91 Å². The molecule has 0 unspecified atom stereocenters. The Balaban J connectivity index is 1.62. The Morgan fingerprint density at radius 1 is 1.20 bits per heavy atom. The SMILES string of the molecule is CCOc1ccc2oc(C(=O)N/N=C/C=C/c3ccccc3)cc2c1. The maximum Gasteiger partial charge on any atom is 0.307 e. The summed E-state index contributed by atoms with van der Waals surface area (Å²) in [5.41, 5.74) is 4.12. The predicted molar refractivity (Wildman–Crippen MR) is 98.8 cm³/mol. The van der Waals surface area contributed by atoms with Crippen LogP contribution in [0.4, 0.5) is 0 Å². The maximum absolute atomic E-state index is 12.1. The zero-order valence-electron chi connectivity index (χ0n) is 13.8. The predicted octanol–water partition coefficient (Wildman–Crippen LogP) is 4.26. The number of amides is 1. The number of rotatable bonds is 6. The van der Waals surface area contributed by atoms with Gasteiger partial charge in [-0.2, -0.15) is 5.10 Å². The molecule has 3 rings (SSSR count). The molecule has 126 valence electrons. The molecule has 0 radical (unpaired) electrons. The van der Waals surface area contributed by atoms with Crippen LogP contribution < -0.4 is 10.2 Å². The summed E-state index contributed by atoms with van der Waals surface area (Å²) < 4.78 is 11.0. The van der Waals surface area contributed by atoms with Gasteiger partial charge in [-0.1, -0.05) is 36.4 Å². The number of hydrogen-bond acceptors (Lipinski definition) is 4. The third-order valence-electron chi connectivity index (χ3n) is 3.44. The van der Waals surface area contributed by atoms with Crippen LogP contribution >= 0.6 is 0 Å². The summed E-state index contributed by atoms with van der Waals surface area (Å²) in [6.45, 7) is 2.50. The van der Waals surface area contributed by atoms with Crippen molar-refractivity contribution in [1.29, 1.82) is 0 Å². The topological polar surface area (TPSA) is 63.8 Å². The van der Waals surface area contributed by atoms with E-state index >= 15 is 0 Å². The minimum Gasteiger partial charge on any atom is -0.494 e. The van der Waals surface area contributed by atoms with Crippen LogP contribution in [-0.4, -0.2) is 18.7 Å². The highest BCUT2D eigenvalue weighted by Crippen LogP contribution is 2.24. The lowest BCUT2D eigenvalue weighted by Gasteiger charge is -2.00. The van der Waals surface area contributed by atoms with Gasteiger partial charge in [-0.25, -0.2) is 5.43 Å². The molecule has 0 bridgehead atoms. The lowest BCUT2D eigenvalue weighted by molar-refractivity contribution is 0.0929. The molecular formula is C20H18N2O3. The number of allylic oxidation sites excluding steroid dienone is 1. The van der Waals surface area contributed by atoms with Crippen molar-refractivity contribution in [2.24, 2.45) is 5.10 Å². The Kier molecular flexibility index (Phi) is 5.26. The number of fused-ring (bicyclic) bond motifs is 1. The van der Waals surface area contributed by atoms with E-state index in [1.54, 1.807) is 18.2 Å². The molecule has 1 heterocycles. The molecule has 0 saturated carbocycles. The first-order chi connectivity index (χ1) is 12.3. The van der Waals surface area contributed by atoms with Gasteiger partial charge in [0.1, 0.15) is 11.3 Å². The normalized spacial score (nSPS) is 11.4. The summed E-state index contributed by atoms with van der Waals surface area (Å²) >= 11 is 0. The van der Waals surface area contributed by atoms with Gasteiger partial charge in [0, 0.05) is 11.6 Å². The Morgan fingerprint density at radius 2 is 2.04 bits per heavy atom. The Labute approximate surface area is 145 Å². The molecule has 0 aliphatic rings. The van der Waals surface area contributed by atoms with Crippen molar-refractivity contribution in [1.82, 2.24) is 5.43 Å². The van der Waals surface area contributed by atoms with Crippen molar-refractivity contribution in [3.05, 3.63) is 72.0 Å². The van der Waals surface area contributed by atoms with Crippen molar-refractivity contribution >= 4 is 29.2 Å². The van der Waals surface area contributed by atoms with Crippen molar-refractivity contribution in [3.63, 3.8) is 0 Å². The molecule has 5 heteroatoms. The fraction of sp³-hybridized carbons (Fsp3) is 0.100. The van der Waals surface area contributed by atoms with Gasteiger partial charge in [0.15, 0.2) is 5.76 Å². The monoisotopic (exact) mass is 334 g/mol. The number of nitrogens with one attached hydrogen (secondary N) is 1. The van der Waals surface area contributed by atoms with E-state index in [2.05, 4.69) is 10.5 Å². The molecule has 5 nitrogen and oxygen atoms in total. The molecule has 0 atom stereocenters. The fourth-order valence-electron chi connectivity index (χ4n) is 2.30. The van der Waals surface area contributed by atoms with Gasteiger partial charge in [0.05, 0.1) is 6.61 Å². The second kappa shape index (κ2) is 7.97. The molecule has 1 aromatic heterocycles. The van der Waals surface area contributed by atoms with Crippen molar-refractivity contribution in [2.45, 2.75) is 6.92 Å². The number of ether oxygens (including phenoxy) is 1. The Hall–Kier alpha value is -3.34. The summed E-state index contributed by atoms with van der Waals surface area (Å²) in [5, 5.41) is 4.69. The largest absolute Gasteiger partial charge is 0.494 e. The van der Waals surface area contributed by atoms with Crippen molar-refractivity contribution in [2.75, 3.05) is 6.61 Å². The van der Waals surface area contributed by atoms with E-state index in [1.807, 2.05) is 55.5 Å². The number of benzene rings is 2. The van der Waals surface area contributed by atoms with Gasteiger partial charge in [-0.3, -0.25) is 4.79 Å². The molecule has 0 spiro atoms. The zero-order chi connectivity index (χ0) is 17.5. The van der Waals surface area contributed by atoms with Crippen LogP contribution in [0.3, 0.4) is 0 Å². The molecule has 1 N–H and O–H groups in total. The third-order valence-corrected chi connectivity index (χ3v) is 3.44. The molecule has 1 amide bonds. The highest BCUT2D eigenvalue weighted by molar-refractivity contribution is 5.96. The van der Waals surface area contributed by atoms with Crippen LogP contribution in [0.25, 0.3) is 17.0 Å². The summed E-state index contributed by atoms with van der Waals surface area (Å²) in [6.07, 6.45) is 5.16. The molecule has 25 heavy (non-hydrogen) atoms. The van der Waals surface area contributed by atoms with E-state index in [-0.39, 0.29) is 5.76 Å². The van der Waals surface area contributed by atoms with E-state index in [0.717, 1.165) is 16.7 Å². The molecule has 0 aliphatic carbocycles. The van der Waals surface area contributed by atoms with Crippen molar-refractivity contribution < 1.29 is 13.9 Å². The number of nitrogens with zero attached hydrogens (tertiary/aromatic N) is 1. The van der Waals surface area contributed by atoms with Crippen LogP contribution in [0.15, 0.2) is 70.2 Å². The first-order valence-corrected chi connectivity index (χ1v) is 7.98. The second-order valence-corrected chi connectivity index (χ2v) is 5.23. The summed E-state index contributed by atoms with van der Waals surface area (Å²) in [4.78, 5) is 12.1. The Bertz CT molecular complexity index is 911. The molecule has 3 aromatic rings. The molecule has 0 fully saturated rings. The standard InChI is InChI=1S/C20H18N2O3/c1-2-24-17-10-11-18-16(13-17)14-19(25-18)20(23)22-21-12-6-9-15-7-4-3-5-8-15/h3-14H,2H2,1H3,(H,22,23)/b9-6+,21-12+. The highest BCUT2D eigenvalue weighted by Gasteiger charge is 2.12. The quantitative estimate of drug-likeness (QED) is 0.541. The smallest absolute Gasteiger partial charge is 0.307 e. The summed E-state index contributed by atoms with van der Waals surface area (Å²) in [7, 11) is 0. The number of carbonyl (C=O) groups is 1. The minimum absolute atomic E-state index is 0.202. The minimum atomic E-state index is -0.404. The number of furan rings is 1. The van der Waals surface area contributed by atoms with Crippen LogP contribution in [0.5, 0.6) is 5.75 Å². The zero-order valence-corrected chi connectivity index (χ0v) is 13.8. The lowest BCUT2D eigenvalue weighted by Crippen LogP contribution is -2.16. The number of hydrogen-bond donors (Lipinski definition) is 1. The summed E-state index contributed by atoms with van der Waals surface area (Å²) in [5.74, 6) is 0.540. The van der Waals surface area contributed by atoms with Crippen molar-refractivity contribution in [3.8, 4) is 5.75 Å². The summed E-state index contributed by atoms with van der Waals surface area (Å²) in [6, 6.07) is 16.9. The van der Waals surface area contributed by atoms with Crippen LogP contribution in [0.2, 0.25) is 0 Å². The van der Waals surface area contributed by atoms with Gasteiger partial charge >= 0.3 is 5.91 Å². The fourth-order valence-corrected chi connectivity index (χ4v) is 2.30. The Morgan fingerprint density at radius 3 is 2.84 bits per heavy atom. The average molecular weight is 334 g/mol. The molecule has 0 saturated heterocycles. The molecule has 0 aliphatic heterocycles. The molecular weight excluding hydrogens is 316 g/mol. The van der Waals surface area contributed by atoms with E-state index in [0.29, 0.717) is 12.2 Å². The first-order valence-electron chi connectivity index (χ1n) is 7.98. The average Bonchev–Trinajstić information content (AvgIpc) is 3.06. The highest BCUT2D eigenvalue weighted by atomic mass is 16.5. The maximum atomic E-state index is 12.1. The first kappa shape index (κ1) is 16.5.